The summed E-state index contributed by atoms with van der Waals surface area (Å²) in [7, 11) is 2.30. The van der Waals surface area contributed by atoms with Crippen molar-refractivity contribution in [1.29, 1.82) is 0 Å². The Bertz CT molecular complexity index is 894. The van der Waals surface area contributed by atoms with Crippen LogP contribution in [0.2, 0.25) is 0 Å². The van der Waals surface area contributed by atoms with Crippen LogP contribution in [0.15, 0.2) is 42.7 Å². The molecule has 0 amide bonds. The van der Waals surface area contributed by atoms with Crippen LogP contribution in [0.4, 0.5) is 0 Å². The molecule has 116 valence electrons. The van der Waals surface area contributed by atoms with Crippen LogP contribution < -0.4 is 0 Å². The van der Waals surface area contributed by atoms with E-state index < -0.39 is 0 Å². The lowest BCUT2D eigenvalue weighted by Crippen LogP contribution is -2.34. The first kappa shape index (κ1) is 13.3. The second-order valence-electron chi connectivity index (χ2n) is 7.04. The SMILES string of the molecule is Cc1ccc2c(c1)c1c(n2-c2ccncc2)CC2CCC1N2C. The van der Waals surface area contributed by atoms with Crippen LogP contribution in [0.1, 0.15) is 35.7 Å². The van der Waals surface area contributed by atoms with E-state index in [2.05, 4.69) is 58.8 Å². The third-order valence-electron chi connectivity index (χ3n) is 5.79. The van der Waals surface area contributed by atoms with E-state index in [-0.39, 0.29) is 0 Å². The zero-order chi connectivity index (χ0) is 15.6. The molecule has 3 aromatic rings. The number of nitrogens with zero attached hydrogens (tertiary/aromatic N) is 3. The fraction of sp³-hybridized carbons (Fsp3) is 0.350. The summed E-state index contributed by atoms with van der Waals surface area (Å²) in [6, 6.07) is 12.4. The van der Waals surface area contributed by atoms with Crippen LogP contribution in [0, 0.1) is 6.92 Å². The van der Waals surface area contributed by atoms with E-state index in [1.165, 1.54) is 40.7 Å². The van der Waals surface area contributed by atoms with Gasteiger partial charge in [-0.05, 0) is 56.6 Å². The molecule has 2 aliphatic rings. The zero-order valence-electron chi connectivity index (χ0n) is 13.7. The molecule has 2 bridgehead atoms. The van der Waals surface area contributed by atoms with E-state index in [1.807, 2.05) is 12.4 Å². The third-order valence-corrected chi connectivity index (χ3v) is 5.79. The van der Waals surface area contributed by atoms with Crippen molar-refractivity contribution in [2.75, 3.05) is 7.05 Å². The van der Waals surface area contributed by atoms with Gasteiger partial charge in [0.25, 0.3) is 0 Å². The molecule has 2 aliphatic heterocycles. The number of hydrogen-bond donors (Lipinski definition) is 0. The minimum absolute atomic E-state index is 0.580. The maximum atomic E-state index is 4.19. The largest absolute Gasteiger partial charge is 0.313 e. The zero-order valence-corrected chi connectivity index (χ0v) is 13.7. The van der Waals surface area contributed by atoms with Gasteiger partial charge >= 0.3 is 0 Å². The Kier molecular flexibility index (Phi) is 2.71. The lowest BCUT2D eigenvalue weighted by Gasteiger charge is -2.32. The van der Waals surface area contributed by atoms with Gasteiger partial charge in [0.1, 0.15) is 0 Å². The molecule has 1 aromatic carbocycles. The van der Waals surface area contributed by atoms with Crippen LogP contribution in [0.3, 0.4) is 0 Å². The van der Waals surface area contributed by atoms with Crippen molar-refractivity contribution in [3.8, 4) is 5.69 Å². The lowest BCUT2D eigenvalue weighted by atomic mass is 9.97. The minimum atomic E-state index is 0.580. The molecule has 3 nitrogen and oxygen atoms in total. The first-order valence-corrected chi connectivity index (χ1v) is 8.50. The average Bonchev–Trinajstić information content (AvgIpc) is 2.99. The van der Waals surface area contributed by atoms with Gasteiger partial charge in [0.2, 0.25) is 0 Å². The van der Waals surface area contributed by atoms with Gasteiger partial charge in [-0.25, -0.2) is 0 Å². The second kappa shape index (κ2) is 4.68. The van der Waals surface area contributed by atoms with Crippen LogP contribution in [0.5, 0.6) is 0 Å². The van der Waals surface area contributed by atoms with Crippen molar-refractivity contribution in [3.05, 3.63) is 59.5 Å². The summed E-state index contributed by atoms with van der Waals surface area (Å²) in [6.07, 6.45) is 7.55. The Balaban J connectivity index is 1.88. The van der Waals surface area contributed by atoms with Crippen molar-refractivity contribution in [2.24, 2.45) is 0 Å². The van der Waals surface area contributed by atoms with Crippen LogP contribution in [-0.2, 0) is 6.42 Å². The first-order valence-electron chi connectivity index (χ1n) is 8.50. The van der Waals surface area contributed by atoms with Crippen LogP contribution in [0.25, 0.3) is 16.6 Å². The van der Waals surface area contributed by atoms with Crippen molar-refractivity contribution < 1.29 is 0 Å². The number of pyridine rings is 1. The number of hydrogen-bond acceptors (Lipinski definition) is 2. The first-order chi connectivity index (χ1) is 11.2. The predicted octanol–water partition coefficient (Wildman–Crippen LogP) is 4.03. The molecule has 0 aliphatic carbocycles. The Morgan fingerprint density at radius 3 is 2.74 bits per heavy atom. The lowest BCUT2D eigenvalue weighted by molar-refractivity contribution is 0.223. The van der Waals surface area contributed by atoms with Gasteiger partial charge in [-0.2, -0.15) is 0 Å². The highest BCUT2D eigenvalue weighted by Crippen LogP contribution is 2.47. The van der Waals surface area contributed by atoms with Gasteiger partial charge < -0.3 is 4.57 Å². The van der Waals surface area contributed by atoms with Crippen molar-refractivity contribution in [2.45, 2.75) is 38.3 Å². The molecule has 0 spiro atoms. The van der Waals surface area contributed by atoms with Gasteiger partial charge in [-0.1, -0.05) is 11.6 Å². The summed E-state index contributed by atoms with van der Waals surface area (Å²) in [5.74, 6) is 0. The van der Waals surface area contributed by atoms with Gasteiger partial charge in [0.15, 0.2) is 0 Å². The molecule has 4 heterocycles. The van der Waals surface area contributed by atoms with Crippen LogP contribution in [-0.4, -0.2) is 27.5 Å². The maximum Gasteiger partial charge on any atom is 0.0535 e. The molecule has 0 N–H and O–H groups in total. The standard InChI is InChI=1S/C20H21N3/c1-13-3-5-17-16(11-13)20-18-6-4-15(22(18)2)12-19(20)23(17)14-7-9-21-10-8-14/h3,5,7-11,15,18H,4,6,12H2,1-2H3. The van der Waals surface area contributed by atoms with E-state index >= 15 is 0 Å². The number of aryl methyl sites for hydroxylation is 1. The van der Waals surface area contributed by atoms with Crippen molar-refractivity contribution >= 4 is 10.9 Å². The normalized spacial score (nSPS) is 23.4. The molecule has 0 radical (unpaired) electrons. The predicted molar refractivity (Wildman–Crippen MR) is 93.0 cm³/mol. The fourth-order valence-electron chi connectivity index (χ4n) is 4.67. The van der Waals surface area contributed by atoms with Gasteiger partial charge in [0.05, 0.1) is 5.52 Å². The summed E-state index contributed by atoms with van der Waals surface area (Å²) < 4.78 is 2.48. The minimum Gasteiger partial charge on any atom is -0.313 e. The number of aromatic nitrogens is 2. The van der Waals surface area contributed by atoms with E-state index in [0.29, 0.717) is 12.1 Å². The summed E-state index contributed by atoms with van der Waals surface area (Å²) in [5, 5.41) is 1.44. The Morgan fingerprint density at radius 2 is 1.91 bits per heavy atom. The maximum absolute atomic E-state index is 4.19. The molecule has 23 heavy (non-hydrogen) atoms. The molecule has 1 fully saturated rings. The van der Waals surface area contributed by atoms with Gasteiger partial charge in [0, 0.05) is 47.7 Å². The molecule has 2 aromatic heterocycles. The summed E-state index contributed by atoms with van der Waals surface area (Å²) in [5.41, 5.74) is 7.00. The van der Waals surface area contributed by atoms with Gasteiger partial charge in [-0.3, -0.25) is 9.88 Å². The molecule has 5 rings (SSSR count). The van der Waals surface area contributed by atoms with Crippen LogP contribution >= 0.6 is 0 Å². The van der Waals surface area contributed by atoms with Crippen molar-refractivity contribution in [1.82, 2.24) is 14.5 Å². The molecular formula is C20H21N3. The third kappa shape index (κ3) is 1.77. The molecule has 2 unspecified atom stereocenters. The van der Waals surface area contributed by atoms with E-state index in [1.54, 1.807) is 5.56 Å². The Labute approximate surface area is 136 Å². The van der Waals surface area contributed by atoms with E-state index in [0.717, 1.165) is 6.42 Å². The monoisotopic (exact) mass is 303 g/mol. The number of likely N-dealkylation sites (N-methyl/N-ethyl adjacent to an activating group) is 1. The quantitative estimate of drug-likeness (QED) is 0.677. The van der Waals surface area contributed by atoms with E-state index in [4.69, 9.17) is 0 Å². The second-order valence-corrected chi connectivity index (χ2v) is 7.04. The fourth-order valence-corrected chi connectivity index (χ4v) is 4.67. The molecule has 3 heteroatoms. The molecular weight excluding hydrogens is 282 g/mol. The molecule has 1 saturated heterocycles. The average molecular weight is 303 g/mol. The summed E-state index contributed by atoms with van der Waals surface area (Å²) in [4.78, 5) is 6.79. The number of fused-ring (bicyclic) bond motifs is 6. The molecule has 0 saturated carbocycles. The summed E-state index contributed by atoms with van der Waals surface area (Å²) >= 11 is 0. The Hall–Kier alpha value is -2.13. The molecule has 2 atom stereocenters. The highest BCUT2D eigenvalue weighted by atomic mass is 15.2. The topological polar surface area (TPSA) is 21.1 Å². The number of benzene rings is 1. The van der Waals surface area contributed by atoms with Gasteiger partial charge in [-0.15, -0.1) is 0 Å². The highest BCUT2D eigenvalue weighted by molar-refractivity contribution is 5.89. The van der Waals surface area contributed by atoms with E-state index in [9.17, 15) is 0 Å². The smallest absolute Gasteiger partial charge is 0.0535 e. The number of rotatable bonds is 1. The van der Waals surface area contributed by atoms with Crippen molar-refractivity contribution in [3.63, 3.8) is 0 Å². The summed E-state index contributed by atoms with van der Waals surface area (Å²) in [6.45, 7) is 2.19. The Morgan fingerprint density at radius 1 is 1.09 bits per heavy atom. The highest BCUT2D eigenvalue weighted by Gasteiger charge is 2.40.